The third-order valence-electron chi connectivity index (χ3n) is 5.92. The summed E-state index contributed by atoms with van der Waals surface area (Å²) in [7, 11) is 0. The normalized spacial score (nSPS) is 11.9. The molecule has 5 rings (SSSR count). The maximum absolute atomic E-state index is 13.7. The monoisotopic (exact) mass is 467 g/mol. The number of aromatic nitrogens is 2. The van der Waals surface area contributed by atoms with Crippen molar-refractivity contribution in [1.82, 2.24) is 14.5 Å². The minimum absolute atomic E-state index is 0.184. The molecule has 0 aliphatic rings. The van der Waals surface area contributed by atoms with Gasteiger partial charge in [-0.2, -0.15) is 0 Å². The highest BCUT2D eigenvalue weighted by atomic mass is 19.1. The van der Waals surface area contributed by atoms with Gasteiger partial charge in [-0.25, -0.2) is 9.37 Å². The third kappa shape index (κ3) is 4.36. The number of hydrogen-bond donors (Lipinski definition) is 0. The topological polar surface area (TPSA) is 68.3 Å². The van der Waals surface area contributed by atoms with E-state index in [4.69, 9.17) is 9.40 Å². The van der Waals surface area contributed by atoms with E-state index in [0.717, 1.165) is 5.56 Å². The fraction of sp³-hybridized carbons (Fsp3) is 0.107. The first-order valence-electron chi connectivity index (χ1n) is 11.2. The van der Waals surface area contributed by atoms with Gasteiger partial charge >= 0.3 is 0 Å². The molecule has 1 atom stereocenters. The number of carbonyl (C=O) groups excluding carboxylic acids is 1. The second-order valence-corrected chi connectivity index (χ2v) is 8.18. The number of hydrogen-bond acceptors (Lipinski definition) is 4. The first-order chi connectivity index (χ1) is 17.0. The summed E-state index contributed by atoms with van der Waals surface area (Å²) in [6, 6.07) is 24.9. The number of furan rings is 1. The number of rotatable bonds is 6. The average Bonchev–Trinajstić information content (AvgIpc) is 3.43. The molecular formula is C28H22FN3O3. The summed E-state index contributed by atoms with van der Waals surface area (Å²) in [5, 5.41) is 0.430. The molecule has 1 unspecified atom stereocenters. The standard InChI is InChI=1S/C28H22FN3O3/c1-19(31(18-20-8-3-2-4-9-20)28(34)25-12-7-17-35-25)26-30-24-11-6-5-10-23(24)27(33)32(26)22-15-13-21(29)14-16-22/h2-17,19H,18H2,1H3. The Morgan fingerprint density at radius 1 is 0.971 bits per heavy atom. The van der Waals surface area contributed by atoms with Crippen molar-refractivity contribution in [2.45, 2.75) is 19.5 Å². The van der Waals surface area contributed by atoms with Gasteiger partial charge in [-0.15, -0.1) is 0 Å². The Labute approximate surface area is 200 Å². The molecule has 7 heteroatoms. The van der Waals surface area contributed by atoms with E-state index in [1.807, 2.05) is 37.3 Å². The van der Waals surface area contributed by atoms with Crippen LogP contribution >= 0.6 is 0 Å². The lowest BCUT2D eigenvalue weighted by atomic mass is 10.1. The predicted octanol–water partition coefficient (Wildman–Crippen LogP) is 5.52. The van der Waals surface area contributed by atoms with Crippen molar-refractivity contribution in [1.29, 1.82) is 0 Å². The van der Waals surface area contributed by atoms with Gasteiger partial charge in [-0.1, -0.05) is 42.5 Å². The summed E-state index contributed by atoms with van der Waals surface area (Å²) in [6.07, 6.45) is 1.45. The third-order valence-corrected chi connectivity index (χ3v) is 5.92. The second kappa shape index (κ2) is 9.38. The zero-order valence-electron chi connectivity index (χ0n) is 19.0. The van der Waals surface area contributed by atoms with Crippen LogP contribution in [0.25, 0.3) is 16.6 Å². The lowest BCUT2D eigenvalue weighted by Gasteiger charge is -2.30. The Kier molecular flexibility index (Phi) is 5.97. The smallest absolute Gasteiger partial charge is 0.290 e. The summed E-state index contributed by atoms with van der Waals surface area (Å²) >= 11 is 0. The maximum Gasteiger partial charge on any atom is 0.290 e. The molecule has 5 aromatic rings. The number of carbonyl (C=O) groups is 1. The summed E-state index contributed by atoms with van der Waals surface area (Å²) < 4.78 is 20.5. The summed E-state index contributed by atoms with van der Waals surface area (Å²) in [5.74, 6) is -0.205. The number of fused-ring (bicyclic) bond motifs is 1. The van der Waals surface area contributed by atoms with E-state index < -0.39 is 11.9 Å². The highest BCUT2D eigenvalue weighted by molar-refractivity contribution is 5.91. The molecular weight excluding hydrogens is 445 g/mol. The van der Waals surface area contributed by atoms with Gasteiger partial charge in [-0.3, -0.25) is 14.2 Å². The van der Waals surface area contributed by atoms with E-state index in [0.29, 0.717) is 22.4 Å². The molecule has 0 spiro atoms. The van der Waals surface area contributed by atoms with Crippen molar-refractivity contribution in [2.24, 2.45) is 0 Å². The van der Waals surface area contributed by atoms with Gasteiger partial charge in [0.2, 0.25) is 0 Å². The van der Waals surface area contributed by atoms with Crippen LogP contribution in [0.2, 0.25) is 0 Å². The van der Waals surface area contributed by atoms with Gasteiger partial charge in [0.05, 0.1) is 28.9 Å². The molecule has 0 saturated heterocycles. The van der Waals surface area contributed by atoms with Crippen LogP contribution in [0.1, 0.15) is 34.9 Å². The number of benzene rings is 3. The molecule has 0 radical (unpaired) electrons. The summed E-state index contributed by atoms with van der Waals surface area (Å²) in [5.41, 5.74) is 1.59. The molecule has 0 aliphatic heterocycles. The van der Waals surface area contributed by atoms with Crippen molar-refractivity contribution in [3.63, 3.8) is 0 Å². The van der Waals surface area contributed by atoms with Gasteiger partial charge in [0.1, 0.15) is 11.6 Å². The fourth-order valence-corrected chi connectivity index (χ4v) is 4.12. The van der Waals surface area contributed by atoms with Gasteiger partial charge in [-0.05, 0) is 61.0 Å². The first-order valence-corrected chi connectivity index (χ1v) is 11.2. The zero-order chi connectivity index (χ0) is 24.4. The predicted molar refractivity (Wildman–Crippen MR) is 131 cm³/mol. The molecule has 35 heavy (non-hydrogen) atoms. The van der Waals surface area contributed by atoms with Crippen LogP contribution in [-0.2, 0) is 6.54 Å². The molecule has 1 amide bonds. The molecule has 2 aromatic heterocycles. The van der Waals surface area contributed by atoms with Crippen LogP contribution in [0.3, 0.4) is 0 Å². The van der Waals surface area contributed by atoms with Gasteiger partial charge in [0.25, 0.3) is 11.5 Å². The quantitative estimate of drug-likeness (QED) is 0.330. The van der Waals surface area contributed by atoms with Crippen LogP contribution in [-0.4, -0.2) is 20.4 Å². The van der Waals surface area contributed by atoms with Crippen LogP contribution in [0, 0.1) is 5.82 Å². The van der Waals surface area contributed by atoms with E-state index in [-0.39, 0.29) is 23.8 Å². The highest BCUT2D eigenvalue weighted by Crippen LogP contribution is 2.26. The molecule has 2 heterocycles. The Balaban J connectivity index is 1.70. The van der Waals surface area contributed by atoms with Crippen molar-refractivity contribution >= 4 is 16.8 Å². The van der Waals surface area contributed by atoms with E-state index in [2.05, 4.69) is 0 Å². The fourth-order valence-electron chi connectivity index (χ4n) is 4.12. The van der Waals surface area contributed by atoms with Crippen LogP contribution in [0.5, 0.6) is 0 Å². The Morgan fingerprint density at radius 2 is 1.69 bits per heavy atom. The van der Waals surface area contributed by atoms with Crippen LogP contribution in [0.15, 0.2) is 106 Å². The Hall–Kier alpha value is -4.52. The maximum atomic E-state index is 13.7. The van der Waals surface area contributed by atoms with Gasteiger partial charge < -0.3 is 9.32 Å². The van der Waals surface area contributed by atoms with E-state index in [9.17, 15) is 14.0 Å². The number of amides is 1. The number of para-hydroxylation sites is 1. The van der Waals surface area contributed by atoms with Crippen molar-refractivity contribution in [3.8, 4) is 5.69 Å². The lowest BCUT2D eigenvalue weighted by molar-refractivity contribution is 0.0631. The molecule has 3 aromatic carbocycles. The van der Waals surface area contributed by atoms with Crippen LogP contribution < -0.4 is 5.56 Å². The number of halogens is 1. The molecule has 174 valence electrons. The van der Waals surface area contributed by atoms with E-state index in [1.165, 1.54) is 35.1 Å². The molecule has 0 fully saturated rings. The highest BCUT2D eigenvalue weighted by Gasteiger charge is 2.29. The Morgan fingerprint density at radius 3 is 2.40 bits per heavy atom. The number of nitrogens with zero attached hydrogens (tertiary/aromatic N) is 3. The van der Waals surface area contributed by atoms with Crippen molar-refractivity contribution in [2.75, 3.05) is 0 Å². The summed E-state index contributed by atoms with van der Waals surface area (Å²) in [6.45, 7) is 2.09. The summed E-state index contributed by atoms with van der Waals surface area (Å²) in [4.78, 5) is 33.6. The van der Waals surface area contributed by atoms with E-state index in [1.54, 1.807) is 41.3 Å². The molecule has 0 N–H and O–H groups in total. The SMILES string of the molecule is CC(c1nc2ccccc2c(=O)n1-c1ccc(F)cc1)N(Cc1ccccc1)C(=O)c1ccco1. The van der Waals surface area contributed by atoms with Crippen molar-refractivity contribution in [3.05, 3.63) is 131 Å². The minimum atomic E-state index is -0.629. The molecule has 6 nitrogen and oxygen atoms in total. The zero-order valence-corrected chi connectivity index (χ0v) is 19.0. The van der Waals surface area contributed by atoms with Crippen molar-refractivity contribution < 1.29 is 13.6 Å². The molecule has 0 bridgehead atoms. The second-order valence-electron chi connectivity index (χ2n) is 8.18. The van der Waals surface area contributed by atoms with Gasteiger partial charge in [0.15, 0.2) is 5.76 Å². The largest absolute Gasteiger partial charge is 0.459 e. The average molecular weight is 468 g/mol. The van der Waals surface area contributed by atoms with Crippen LogP contribution in [0.4, 0.5) is 4.39 Å². The molecule has 0 aliphatic carbocycles. The first kappa shape index (κ1) is 22.3. The molecule has 0 saturated carbocycles. The lowest BCUT2D eigenvalue weighted by Crippen LogP contribution is -2.37. The minimum Gasteiger partial charge on any atom is -0.459 e. The Bertz CT molecular complexity index is 1530. The van der Waals surface area contributed by atoms with Gasteiger partial charge in [0, 0.05) is 6.54 Å². The van der Waals surface area contributed by atoms with E-state index >= 15 is 0 Å².